The molecule has 1 aliphatic rings. The largest absolute Gasteiger partial charge is 0.394 e. The van der Waals surface area contributed by atoms with Gasteiger partial charge in [-0.3, -0.25) is 0 Å². The van der Waals surface area contributed by atoms with Crippen molar-refractivity contribution in [2.45, 2.75) is 25.0 Å². The third kappa shape index (κ3) is 1.89. The minimum Gasteiger partial charge on any atom is -0.394 e. The van der Waals surface area contributed by atoms with Gasteiger partial charge in [-0.1, -0.05) is 11.6 Å². The van der Waals surface area contributed by atoms with Crippen molar-refractivity contribution in [3.05, 3.63) is 21.3 Å². The Balaban J connectivity index is 2.08. The summed E-state index contributed by atoms with van der Waals surface area (Å²) in [7, 11) is 0. The van der Waals surface area contributed by atoms with Crippen molar-refractivity contribution >= 4 is 22.9 Å². The molecule has 0 aliphatic carbocycles. The molecular weight excluding hydrogens is 208 g/mol. The van der Waals surface area contributed by atoms with Gasteiger partial charge >= 0.3 is 0 Å². The molecule has 1 saturated heterocycles. The summed E-state index contributed by atoms with van der Waals surface area (Å²) in [6.45, 7) is 0.109. The van der Waals surface area contributed by atoms with Crippen LogP contribution in [0.15, 0.2) is 11.4 Å². The lowest BCUT2D eigenvalue weighted by atomic mass is 10.1. The average molecular weight is 219 g/mol. The number of rotatable bonds is 2. The molecule has 72 valence electrons. The van der Waals surface area contributed by atoms with Gasteiger partial charge in [0.15, 0.2) is 0 Å². The van der Waals surface area contributed by atoms with E-state index in [1.165, 1.54) is 11.3 Å². The van der Waals surface area contributed by atoms with Crippen LogP contribution in [-0.2, 0) is 4.74 Å². The number of ether oxygens (including phenoxy) is 1. The standard InChI is InChI=1S/C9H11ClO2S/c10-9-7(3-4-13-9)8-2-1-6(5-11)12-8/h3-4,6,8,11H,1-2,5H2. The fourth-order valence-electron chi connectivity index (χ4n) is 1.60. The Bertz CT molecular complexity index is 287. The summed E-state index contributed by atoms with van der Waals surface area (Å²) in [5.74, 6) is 0. The van der Waals surface area contributed by atoms with E-state index < -0.39 is 0 Å². The van der Waals surface area contributed by atoms with E-state index in [0.717, 1.165) is 22.7 Å². The summed E-state index contributed by atoms with van der Waals surface area (Å²) >= 11 is 7.51. The average Bonchev–Trinajstić information content (AvgIpc) is 2.71. The summed E-state index contributed by atoms with van der Waals surface area (Å²) in [6, 6.07) is 2.00. The zero-order valence-electron chi connectivity index (χ0n) is 7.07. The highest BCUT2D eigenvalue weighted by molar-refractivity contribution is 7.14. The first-order valence-electron chi connectivity index (χ1n) is 4.30. The van der Waals surface area contributed by atoms with Gasteiger partial charge in [-0.2, -0.15) is 0 Å². The number of hydrogen-bond donors (Lipinski definition) is 1. The highest BCUT2D eigenvalue weighted by Crippen LogP contribution is 2.38. The Morgan fingerprint density at radius 1 is 1.62 bits per heavy atom. The minimum absolute atomic E-state index is 0.000895. The molecule has 0 amide bonds. The van der Waals surface area contributed by atoms with Crippen LogP contribution in [0, 0.1) is 0 Å². The molecule has 4 heteroatoms. The quantitative estimate of drug-likeness (QED) is 0.827. The van der Waals surface area contributed by atoms with E-state index in [2.05, 4.69) is 0 Å². The molecular formula is C9H11ClO2S. The lowest BCUT2D eigenvalue weighted by molar-refractivity contribution is 0.0112. The second kappa shape index (κ2) is 3.96. The highest BCUT2D eigenvalue weighted by Gasteiger charge is 2.27. The molecule has 0 bridgehead atoms. The van der Waals surface area contributed by atoms with Crippen LogP contribution in [0.4, 0.5) is 0 Å². The monoisotopic (exact) mass is 218 g/mol. The van der Waals surface area contributed by atoms with Crippen LogP contribution in [-0.4, -0.2) is 17.8 Å². The lowest BCUT2D eigenvalue weighted by Gasteiger charge is -2.10. The minimum atomic E-state index is 0.000895. The van der Waals surface area contributed by atoms with Crippen molar-refractivity contribution in [2.75, 3.05) is 6.61 Å². The van der Waals surface area contributed by atoms with E-state index in [9.17, 15) is 0 Å². The van der Waals surface area contributed by atoms with Crippen LogP contribution in [0.1, 0.15) is 24.5 Å². The molecule has 0 spiro atoms. The normalized spacial score (nSPS) is 28.2. The van der Waals surface area contributed by atoms with Gasteiger partial charge in [0.2, 0.25) is 0 Å². The van der Waals surface area contributed by atoms with Crippen LogP contribution in [0.25, 0.3) is 0 Å². The molecule has 13 heavy (non-hydrogen) atoms. The molecule has 1 aromatic rings. The van der Waals surface area contributed by atoms with Gasteiger partial charge in [-0.25, -0.2) is 0 Å². The van der Waals surface area contributed by atoms with Crippen molar-refractivity contribution < 1.29 is 9.84 Å². The summed E-state index contributed by atoms with van der Waals surface area (Å²) in [6.07, 6.45) is 1.98. The first kappa shape index (κ1) is 9.46. The van der Waals surface area contributed by atoms with Crippen LogP contribution >= 0.6 is 22.9 Å². The van der Waals surface area contributed by atoms with E-state index >= 15 is 0 Å². The van der Waals surface area contributed by atoms with E-state index in [0.29, 0.717) is 0 Å². The third-order valence-corrected chi connectivity index (χ3v) is 3.50. The molecule has 1 aromatic heterocycles. The Morgan fingerprint density at radius 3 is 3.00 bits per heavy atom. The zero-order valence-corrected chi connectivity index (χ0v) is 8.64. The molecule has 1 fully saturated rings. The predicted molar refractivity (Wildman–Crippen MR) is 53.3 cm³/mol. The molecule has 0 aromatic carbocycles. The molecule has 2 atom stereocenters. The van der Waals surface area contributed by atoms with Gasteiger partial charge in [-0.15, -0.1) is 11.3 Å². The topological polar surface area (TPSA) is 29.5 Å². The van der Waals surface area contributed by atoms with E-state index in [1.807, 2.05) is 11.4 Å². The Kier molecular flexibility index (Phi) is 2.89. The molecule has 2 unspecified atom stereocenters. The zero-order chi connectivity index (χ0) is 9.26. The number of thiophene rings is 1. The molecule has 0 saturated carbocycles. The second-order valence-corrected chi connectivity index (χ2v) is 4.67. The maximum atomic E-state index is 8.90. The van der Waals surface area contributed by atoms with Crippen LogP contribution in [0.5, 0.6) is 0 Å². The third-order valence-electron chi connectivity index (χ3n) is 2.30. The van der Waals surface area contributed by atoms with Gasteiger partial charge in [0.25, 0.3) is 0 Å². The highest BCUT2D eigenvalue weighted by atomic mass is 35.5. The van der Waals surface area contributed by atoms with E-state index in [1.54, 1.807) is 0 Å². The summed E-state index contributed by atoms with van der Waals surface area (Å²) < 4.78 is 6.42. The fourth-order valence-corrected chi connectivity index (χ4v) is 2.61. The summed E-state index contributed by atoms with van der Waals surface area (Å²) in [4.78, 5) is 0. The fraction of sp³-hybridized carbons (Fsp3) is 0.556. The van der Waals surface area contributed by atoms with Crippen molar-refractivity contribution in [3.8, 4) is 0 Å². The molecule has 1 N–H and O–H groups in total. The molecule has 2 rings (SSSR count). The predicted octanol–water partition coefficient (Wildman–Crippen LogP) is 2.61. The van der Waals surface area contributed by atoms with Crippen molar-refractivity contribution in [1.29, 1.82) is 0 Å². The SMILES string of the molecule is OCC1CCC(c2ccsc2Cl)O1. The lowest BCUT2D eigenvalue weighted by Crippen LogP contribution is -2.10. The van der Waals surface area contributed by atoms with E-state index in [-0.39, 0.29) is 18.8 Å². The van der Waals surface area contributed by atoms with Gasteiger partial charge in [0.05, 0.1) is 23.2 Å². The van der Waals surface area contributed by atoms with Crippen molar-refractivity contribution in [3.63, 3.8) is 0 Å². The Hall–Kier alpha value is -0.0900. The van der Waals surface area contributed by atoms with Gasteiger partial charge < -0.3 is 9.84 Å². The van der Waals surface area contributed by atoms with Gasteiger partial charge in [0.1, 0.15) is 0 Å². The van der Waals surface area contributed by atoms with Gasteiger partial charge in [-0.05, 0) is 24.3 Å². The smallest absolute Gasteiger partial charge is 0.0986 e. The molecule has 0 radical (unpaired) electrons. The van der Waals surface area contributed by atoms with E-state index in [4.69, 9.17) is 21.4 Å². The van der Waals surface area contributed by atoms with Gasteiger partial charge in [0, 0.05) is 5.56 Å². The molecule has 1 aliphatic heterocycles. The van der Waals surface area contributed by atoms with Crippen molar-refractivity contribution in [2.24, 2.45) is 0 Å². The van der Waals surface area contributed by atoms with Crippen LogP contribution in [0.3, 0.4) is 0 Å². The Labute approximate surface area is 86.1 Å². The first-order chi connectivity index (χ1) is 6.31. The first-order valence-corrected chi connectivity index (χ1v) is 5.56. The summed E-state index contributed by atoms with van der Waals surface area (Å²) in [5, 5.41) is 10.9. The number of aliphatic hydroxyl groups is 1. The molecule has 2 nitrogen and oxygen atoms in total. The van der Waals surface area contributed by atoms with Crippen LogP contribution in [0.2, 0.25) is 4.34 Å². The maximum Gasteiger partial charge on any atom is 0.0986 e. The summed E-state index contributed by atoms with van der Waals surface area (Å²) in [5.41, 5.74) is 1.07. The second-order valence-electron chi connectivity index (χ2n) is 3.16. The Morgan fingerprint density at radius 2 is 2.46 bits per heavy atom. The van der Waals surface area contributed by atoms with Crippen LogP contribution < -0.4 is 0 Å². The number of halogens is 1. The number of hydrogen-bond acceptors (Lipinski definition) is 3. The molecule has 2 heterocycles. The number of aliphatic hydroxyl groups excluding tert-OH is 1. The van der Waals surface area contributed by atoms with Crippen molar-refractivity contribution in [1.82, 2.24) is 0 Å². The maximum absolute atomic E-state index is 8.90.